The van der Waals surface area contributed by atoms with Gasteiger partial charge in [-0.3, -0.25) is 0 Å². The van der Waals surface area contributed by atoms with E-state index < -0.39 is 10.0 Å². The van der Waals surface area contributed by atoms with E-state index in [1.807, 2.05) is 20.8 Å². The molecule has 0 unspecified atom stereocenters. The van der Waals surface area contributed by atoms with Crippen molar-refractivity contribution in [2.75, 3.05) is 12.3 Å². The zero-order valence-corrected chi connectivity index (χ0v) is 12.6. The van der Waals surface area contributed by atoms with Gasteiger partial charge in [0.1, 0.15) is 5.76 Å². The lowest BCUT2D eigenvalue weighted by Crippen LogP contribution is -2.29. The van der Waals surface area contributed by atoms with Crippen molar-refractivity contribution in [2.45, 2.75) is 46.2 Å². The van der Waals surface area contributed by atoms with Crippen molar-refractivity contribution in [2.24, 2.45) is 0 Å². The number of hydrogen-bond donors (Lipinski definition) is 2. The Hall–Kier alpha value is -0.920. The monoisotopic (exact) mass is 289 g/mol. The lowest BCUT2D eigenvalue weighted by Gasteiger charge is -2.08. The van der Waals surface area contributed by atoms with E-state index in [1.165, 1.54) is 0 Å². The summed E-state index contributed by atoms with van der Waals surface area (Å²) in [6, 6.07) is 0.371. The number of rotatable bonds is 9. The molecule has 0 radical (unpaired) electrons. The minimum atomic E-state index is -3.27. The highest BCUT2D eigenvalue weighted by Crippen LogP contribution is 2.04. The first-order valence-electron chi connectivity index (χ1n) is 6.57. The van der Waals surface area contributed by atoms with Crippen molar-refractivity contribution in [3.05, 3.63) is 17.8 Å². The standard InChI is InChI=1S/C12H23N3O3S/c1-4-11-8-14-12(18-11)9-15-19(16,17)7-5-6-13-10(2)3/h8,10,13,15H,4-7,9H2,1-3H3. The van der Waals surface area contributed by atoms with Crippen molar-refractivity contribution in [3.8, 4) is 0 Å². The van der Waals surface area contributed by atoms with Crippen LogP contribution < -0.4 is 10.0 Å². The van der Waals surface area contributed by atoms with Gasteiger partial charge < -0.3 is 9.73 Å². The number of nitrogens with one attached hydrogen (secondary N) is 2. The lowest BCUT2D eigenvalue weighted by atomic mass is 10.4. The van der Waals surface area contributed by atoms with E-state index in [4.69, 9.17) is 4.42 Å². The summed E-state index contributed by atoms with van der Waals surface area (Å²) >= 11 is 0. The van der Waals surface area contributed by atoms with Crippen LogP contribution in [-0.4, -0.2) is 31.7 Å². The van der Waals surface area contributed by atoms with Gasteiger partial charge in [-0.05, 0) is 13.0 Å². The zero-order valence-electron chi connectivity index (χ0n) is 11.8. The minimum Gasteiger partial charge on any atom is -0.444 e. The van der Waals surface area contributed by atoms with Crippen LogP contribution in [-0.2, 0) is 23.0 Å². The van der Waals surface area contributed by atoms with Gasteiger partial charge in [-0.1, -0.05) is 20.8 Å². The molecule has 7 heteroatoms. The van der Waals surface area contributed by atoms with Crippen LogP contribution in [0.4, 0.5) is 0 Å². The van der Waals surface area contributed by atoms with Crippen molar-refractivity contribution in [3.63, 3.8) is 0 Å². The van der Waals surface area contributed by atoms with Gasteiger partial charge in [0.25, 0.3) is 0 Å². The predicted molar refractivity (Wildman–Crippen MR) is 74.3 cm³/mol. The molecule has 1 aromatic rings. The number of hydrogen-bond acceptors (Lipinski definition) is 5. The fourth-order valence-electron chi connectivity index (χ4n) is 1.49. The Morgan fingerprint density at radius 3 is 2.74 bits per heavy atom. The Morgan fingerprint density at radius 1 is 1.42 bits per heavy atom. The maximum Gasteiger partial charge on any atom is 0.212 e. The Morgan fingerprint density at radius 2 is 2.16 bits per heavy atom. The molecular weight excluding hydrogens is 266 g/mol. The first-order valence-corrected chi connectivity index (χ1v) is 8.22. The van der Waals surface area contributed by atoms with Crippen LogP contribution in [0.15, 0.2) is 10.6 Å². The van der Waals surface area contributed by atoms with E-state index in [1.54, 1.807) is 6.20 Å². The Bertz CT molecular complexity index is 468. The van der Waals surface area contributed by atoms with Crippen LogP contribution >= 0.6 is 0 Å². The third kappa shape index (κ3) is 6.70. The van der Waals surface area contributed by atoms with Crippen molar-refractivity contribution in [1.82, 2.24) is 15.0 Å². The molecule has 1 rings (SSSR count). The number of sulfonamides is 1. The Balaban J connectivity index is 2.30. The van der Waals surface area contributed by atoms with Crippen LogP contribution in [0.25, 0.3) is 0 Å². The smallest absolute Gasteiger partial charge is 0.212 e. The van der Waals surface area contributed by atoms with Crippen molar-refractivity contribution in [1.29, 1.82) is 0 Å². The van der Waals surface area contributed by atoms with Crippen LogP contribution in [0.3, 0.4) is 0 Å². The molecule has 0 spiro atoms. The van der Waals surface area contributed by atoms with Crippen LogP contribution in [0.1, 0.15) is 38.8 Å². The summed E-state index contributed by atoms with van der Waals surface area (Å²) in [6.45, 7) is 6.81. The molecule has 0 atom stereocenters. The average molecular weight is 289 g/mol. The predicted octanol–water partition coefficient (Wildman–Crippen LogP) is 1.04. The molecule has 1 aromatic heterocycles. The molecule has 6 nitrogen and oxygen atoms in total. The molecule has 0 aliphatic carbocycles. The fraction of sp³-hybridized carbons (Fsp3) is 0.750. The van der Waals surface area contributed by atoms with Crippen LogP contribution in [0.2, 0.25) is 0 Å². The van der Waals surface area contributed by atoms with E-state index in [0.717, 1.165) is 12.2 Å². The van der Waals surface area contributed by atoms with Gasteiger partial charge in [-0.25, -0.2) is 18.1 Å². The second-order valence-electron chi connectivity index (χ2n) is 4.68. The van der Waals surface area contributed by atoms with Gasteiger partial charge in [-0.15, -0.1) is 0 Å². The molecule has 0 saturated carbocycles. The molecule has 19 heavy (non-hydrogen) atoms. The summed E-state index contributed by atoms with van der Waals surface area (Å²) in [5.74, 6) is 1.27. The van der Waals surface area contributed by atoms with Crippen molar-refractivity contribution >= 4 is 10.0 Å². The molecule has 0 saturated heterocycles. The van der Waals surface area contributed by atoms with Gasteiger partial charge in [0.05, 0.1) is 18.5 Å². The summed E-state index contributed by atoms with van der Waals surface area (Å²) in [5.41, 5.74) is 0. The number of aryl methyl sites for hydroxylation is 1. The van der Waals surface area contributed by atoms with Gasteiger partial charge in [0.15, 0.2) is 0 Å². The van der Waals surface area contributed by atoms with E-state index >= 15 is 0 Å². The van der Waals surface area contributed by atoms with Crippen LogP contribution in [0, 0.1) is 0 Å². The molecule has 0 fully saturated rings. The van der Waals surface area contributed by atoms with E-state index in [-0.39, 0.29) is 12.3 Å². The average Bonchev–Trinajstić information content (AvgIpc) is 2.80. The van der Waals surface area contributed by atoms with Crippen LogP contribution in [0.5, 0.6) is 0 Å². The molecule has 2 N–H and O–H groups in total. The maximum absolute atomic E-state index is 11.7. The third-order valence-corrected chi connectivity index (χ3v) is 3.95. The summed E-state index contributed by atoms with van der Waals surface area (Å²) in [4.78, 5) is 4.00. The highest BCUT2D eigenvalue weighted by atomic mass is 32.2. The van der Waals surface area contributed by atoms with Gasteiger partial charge >= 0.3 is 0 Å². The highest BCUT2D eigenvalue weighted by Gasteiger charge is 2.11. The van der Waals surface area contributed by atoms with E-state index in [2.05, 4.69) is 15.0 Å². The summed E-state index contributed by atoms with van der Waals surface area (Å²) in [7, 11) is -3.27. The van der Waals surface area contributed by atoms with E-state index in [0.29, 0.717) is 24.9 Å². The SMILES string of the molecule is CCc1cnc(CNS(=O)(=O)CCCNC(C)C)o1. The van der Waals surface area contributed by atoms with Gasteiger partial charge in [0.2, 0.25) is 15.9 Å². The summed E-state index contributed by atoms with van der Waals surface area (Å²) < 4.78 is 31.3. The van der Waals surface area contributed by atoms with Gasteiger partial charge in [0, 0.05) is 12.5 Å². The highest BCUT2D eigenvalue weighted by molar-refractivity contribution is 7.89. The molecule has 0 aliphatic rings. The molecule has 0 bridgehead atoms. The number of aromatic nitrogens is 1. The normalized spacial score (nSPS) is 12.2. The molecule has 0 aromatic carbocycles. The molecule has 0 aliphatic heterocycles. The topological polar surface area (TPSA) is 84.2 Å². The molecule has 1 heterocycles. The molecule has 0 amide bonds. The Kier molecular flexibility index (Phi) is 6.47. The maximum atomic E-state index is 11.7. The zero-order chi connectivity index (χ0) is 14.3. The fourth-order valence-corrected chi connectivity index (χ4v) is 2.50. The second-order valence-corrected chi connectivity index (χ2v) is 6.60. The quantitative estimate of drug-likeness (QED) is 0.664. The third-order valence-electron chi connectivity index (χ3n) is 2.54. The Labute approximate surface area is 115 Å². The first kappa shape index (κ1) is 16.1. The summed E-state index contributed by atoms with van der Waals surface area (Å²) in [6.07, 6.45) is 2.95. The lowest BCUT2D eigenvalue weighted by molar-refractivity contribution is 0.452. The van der Waals surface area contributed by atoms with E-state index in [9.17, 15) is 8.42 Å². The largest absolute Gasteiger partial charge is 0.444 e. The van der Waals surface area contributed by atoms with Crippen molar-refractivity contribution < 1.29 is 12.8 Å². The number of oxazole rings is 1. The second kappa shape index (κ2) is 7.62. The molecular formula is C12H23N3O3S. The molecule has 110 valence electrons. The minimum absolute atomic E-state index is 0.105. The van der Waals surface area contributed by atoms with Gasteiger partial charge in [-0.2, -0.15) is 0 Å². The number of nitrogens with zero attached hydrogens (tertiary/aromatic N) is 1. The summed E-state index contributed by atoms with van der Waals surface area (Å²) in [5, 5.41) is 3.18. The first-order chi connectivity index (χ1) is 8.93.